The molecular weight excluding hydrogens is 228 g/mol. The Balaban J connectivity index is 2.79. The molecule has 0 saturated carbocycles. The van der Waals surface area contributed by atoms with Crippen molar-refractivity contribution in [2.24, 2.45) is 0 Å². The summed E-state index contributed by atoms with van der Waals surface area (Å²) < 4.78 is 3.49. The molecule has 0 aliphatic heterocycles. The molecule has 1 heterocycles. The highest BCUT2D eigenvalue weighted by Crippen LogP contribution is 2.15. The molecule has 0 spiro atoms. The fraction of sp³-hybridized carbons (Fsp3) is 0.300. The summed E-state index contributed by atoms with van der Waals surface area (Å²) in [6, 6.07) is 5.13. The van der Waals surface area contributed by atoms with Gasteiger partial charge in [-0.25, -0.2) is 0 Å². The van der Waals surface area contributed by atoms with Gasteiger partial charge < -0.3 is 5.21 Å². The first kappa shape index (κ1) is 10.9. The Labute approximate surface area is 97.7 Å². The van der Waals surface area contributed by atoms with Crippen LogP contribution in [-0.2, 0) is 0 Å². The Bertz CT molecular complexity index is 584. The molecule has 0 amide bonds. The molecule has 0 atom stereocenters. The summed E-state index contributed by atoms with van der Waals surface area (Å²) in [6.45, 7) is 1.89. The largest absolute Gasteiger partial charge is 0.691 e. The maximum atomic E-state index is 11.6. The quantitative estimate of drug-likeness (QED) is 0.296. The van der Waals surface area contributed by atoms with Crippen LogP contribution in [0, 0.1) is 5.21 Å². The fourth-order valence-corrected chi connectivity index (χ4v) is 1.60. The van der Waals surface area contributed by atoms with Gasteiger partial charge in [0.05, 0.1) is 14.1 Å². The Morgan fingerprint density at radius 3 is 2.81 bits per heavy atom. The summed E-state index contributed by atoms with van der Waals surface area (Å²) in [5, 5.41) is 16.0. The molecule has 16 heavy (non-hydrogen) atoms. The Morgan fingerprint density at radius 2 is 2.19 bits per heavy atom. The van der Waals surface area contributed by atoms with E-state index >= 15 is 0 Å². The molecule has 0 aliphatic rings. The summed E-state index contributed by atoms with van der Waals surface area (Å²) in [5.74, 6) is 0.863. The van der Waals surface area contributed by atoms with Gasteiger partial charge in [0.15, 0.2) is 0 Å². The lowest BCUT2D eigenvalue weighted by Gasteiger charge is -1.95. The van der Waals surface area contributed by atoms with Crippen molar-refractivity contribution in [1.29, 1.82) is 0 Å². The number of aromatic nitrogens is 3. The standard InChI is InChI=1S/C10H12ClN4O/c1-7(13(2)3)14-9-5-4-8(11)6-10(9)15(16)12-14/h4-6H,1-3H3/q+1. The van der Waals surface area contributed by atoms with Gasteiger partial charge in [-0.3, -0.25) is 4.58 Å². The van der Waals surface area contributed by atoms with Crippen molar-refractivity contribution in [3.63, 3.8) is 0 Å². The Hall–Kier alpha value is -1.62. The van der Waals surface area contributed by atoms with Crippen molar-refractivity contribution in [3.8, 4) is 0 Å². The number of rotatable bonds is 0. The first-order valence-electron chi connectivity index (χ1n) is 4.80. The highest BCUT2D eigenvalue weighted by atomic mass is 35.5. The molecule has 0 bridgehead atoms. The lowest BCUT2D eigenvalue weighted by Crippen LogP contribution is -2.31. The van der Waals surface area contributed by atoms with Gasteiger partial charge in [-0.2, -0.15) is 0 Å². The maximum Gasteiger partial charge on any atom is 0.277 e. The first-order chi connectivity index (χ1) is 7.50. The summed E-state index contributed by atoms with van der Waals surface area (Å²) in [5.41, 5.74) is 1.21. The van der Waals surface area contributed by atoms with E-state index in [1.54, 1.807) is 22.9 Å². The van der Waals surface area contributed by atoms with Crippen LogP contribution in [0.15, 0.2) is 18.2 Å². The predicted molar refractivity (Wildman–Crippen MR) is 61.9 cm³/mol. The van der Waals surface area contributed by atoms with Crippen molar-refractivity contribution < 1.29 is 9.42 Å². The molecule has 6 heteroatoms. The lowest BCUT2D eigenvalue weighted by atomic mass is 10.3. The Morgan fingerprint density at radius 1 is 1.50 bits per heavy atom. The second-order valence-electron chi connectivity index (χ2n) is 3.75. The minimum Gasteiger partial charge on any atom is -0.691 e. The van der Waals surface area contributed by atoms with Crippen molar-refractivity contribution in [2.75, 3.05) is 14.1 Å². The van der Waals surface area contributed by atoms with E-state index in [1.807, 2.05) is 25.6 Å². The predicted octanol–water partition coefficient (Wildman–Crippen LogP) is 0.862. The molecule has 2 aromatic rings. The number of hydrogen-bond donors (Lipinski definition) is 0. The smallest absolute Gasteiger partial charge is 0.277 e. The molecule has 0 N–H and O–H groups in total. The van der Waals surface area contributed by atoms with E-state index in [4.69, 9.17) is 11.6 Å². The fourth-order valence-electron chi connectivity index (χ4n) is 1.43. The van der Waals surface area contributed by atoms with E-state index in [-0.39, 0.29) is 0 Å². The number of hydrogen-bond acceptors (Lipinski definition) is 2. The van der Waals surface area contributed by atoms with Gasteiger partial charge in [-0.05, 0) is 12.1 Å². The van der Waals surface area contributed by atoms with Gasteiger partial charge in [-0.1, -0.05) is 16.3 Å². The highest BCUT2D eigenvalue weighted by molar-refractivity contribution is 6.31. The van der Waals surface area contributed by atoms with Gasteiger partial charge in [0.25, 0.3) is 5.84 Å². The second-order valence-corrected chi connectivity index (χ2v) is 4.19. The third-order valence-corrected chi connectivity index (χ3v) is 2.73. The van der Waals surface area contributed by atoms with Crippen LogP contribution in [0.2, 0.25) is 5.02 Å². The summed E-state index contributed by atoms with van der Waals surface area (Å²) in [6.07, 6.45) is 0. The molecular formula is C10H12ClN4O+. The molecule has 0 radical (unpaired) electrons. The van der Waals surface area contributed by atoms with Gasteiger partial charge in [0, 0.05) is 18.0 Å². The highest BCUT2D eigenvalue weighted by Gasteiger charge is 2.18. The van der Waals surface area contributed by atoms with Crippen LogP contribution in [0.1, 0.15) is 6.92 Å². The first-order valence-corrected chi connectivity index (χ1v) is 5.18. The zero-order valence-electron chi connectivity index (χ0n) is 9.31. The summed E-state index contributed by atoms with van der Waals surface area (Å²) >= 11 is 5.84. The van der Waals surface area contributed by atoms with Crippen LogP contribution >= 0.6 is 11.6 Å². The minimum atomic E-state index is 0.466. The Kier molecular flexibility index (Phi) is 2.55. The SMILES string of the molecule is CC(n1n[n+]([O-])c2cc(Cl)ccc21)=[N+](C)C. The number of halogens is 1. The van der Waals surface area contributed by atoms with E-state index in [9.17, 15) is 5.21 Å². The summed E-state index contributed by atoms with van der Waals surface area (Å²) in [7, 11) is 3.79. The number of fused-ring (bicyclic) bond motifs is 1. The maximum absolute atomic E-state index is 11.6. The average Bonchev–Trinajstić information content (AvgIpc) is 2.55. The van der Waals surface area contributed by atoms with Crippen molar-refractivity contribution in [3.05, 3.63) is 28.4 Å². The van der Waals surface area contributed by atoms with Crippen LogP contribution in [-0.4, -0.2) is 34.4 Å². The molecule has 1 aromatic carbocycles. The van der Waals surface area contributed by atoms with E-state index in [0.717, 1.165) is 11.4 Å². The second kappa shape index (κ2) is 3.75. The molecule has 84 valence electrons. The molecule has 0 fully saturated rings. The summed E-state index contributed by atoms with van der Waals surface area (Å²) in [4.78, 5) is 0.578. The number of benzene rings is 1. The third kappa shape index (κ3) is 1.63. The van der Waals surface area contributed by atoms with Crippen molar-refractivity contribution >= 4 is 28.5 Å². The minimum absolute atomic E-state index is 0.466. The average molecular weight is 240 g/mol. The lowest BCUT2D eigenvalue weighted by molar-refractivity contribution is -0.645. The van der Waals surface area contributed by atoms with Gasteiger partial charge in [-0.15, -0.1) is 4.85 Å². The van der Waals surface area contributed by atoms with Crippen molar-refractivity contribution in [2.45, 2.75) is 6.92 Å². The zero-order chi connectivity index (χ0) is 11.9. The molecule has 1 aromatic heterocycles. The molecule has 2 rings (SSSR count). The van der Waals surface area contributed by atoms with E-state index in [0.29, 0.717) is 15.4 Å². The van der Waals surface area contributed by atoms with E-state index in [2.05, 4.69) is 5.21 Å². The van der Waals surface area contributed by atoms with E-state index < -0.39 is 0 Å². The van der Waals surface area contributed by atoms with Crippen LogP contribution in [0.4, 0.5) is 0 Å². The molecule has 0 saturated heterocycles. The molecule has 0 unspecified atom stereocenters. The zero-order valence-corrected chi connectivity index (χ0v) is 10.1. The van der Waals surface area contributed by atoms with E-state index in [1.165, 1.54) is 0 Å². The molecule has 0 aliphatic carbocycles. The van der Waals surface area contributed by atoms with Gasteiger partial charge in [0.2, 0.25) is 11.0 Å². The van der Waals surface area contributed by atoms with Gasteiger partial charge in [0.1, 0.15) is 5.21 Å². The number of nitrogens with zero attached hydrogens (tertiary/aromatic N) is 4. The van der Waals surface area contributed by atoms with Crippen LogP contribution in [0.25, 0.3) is 11.0 Å². The van der Waals surface area contributed by atoms with Gasteiger partial charge >= 0.3 is 0 Å². The molecule has 5 nitrogen and oxygen atoms in total. The van der Waals surface area contributed by atoms with Crippen LogP contribution in [0.5, 0.6) is 0 Å². The van der Waals surface area contributed by atoms with Crippen LogP contribution < -0.4 is 4.85 Å². The monoisotopic (exact) mass is 239 g/mol. The van der Waals surface area contributed by atoms with Crippen molar-refractivity contribution in [1.82, 2.24) is 9.90 Å². The topological polar surface area (TPSA) is 47.8 Å². The normalized spacial score (nSPS) is 10.8. The third-order valence-electron chi connectivity index (χ3n) is 2.50. The van der Waals surface area contributed by atoms with Crippen LogP contribution in [0.3, 0.4) is 0 Å².